The van der Waals surface area contributed by atoms with Crippen molar-refractivity contribution < 1.29 is 9.90 Å². The Morgan fingerprint density at radius 1 is 0.967 bits per heavy atom. The number of benzene rings is 2. The van der Waals surface area contributed by atoms with Gasteiger partial charge in [0, 0.05) is 18.8 Å². The van der Waals surface area contributed by atoms with Crippen molar-refractivity contribution in [3.63, 3.8) is 0 Å². The lowest BCUT2D eigenvalue weighted by Crippen LogP contribution is -2.39. The lowest BCUT2D eigenvalue weighted by molar-refractivity contribution is -0.117. The maximum Gasteiger partial charge on any atom is 0.176 e. The number of hydrogen-bond acceptors (Lipinski definition) is 4. The van der Waals surface area contributed by atoms with Gasteiger partial charge in [0.2, 0.25) is 0 Å². The topological polar surface area (TPSA) is 84.9 Å². The first-order valence-corrected chi connectivity index (χ1v) is 9.98. The van der Waals surface area contributed by atoms with Crippen LogP contribution < -0.4 is 0 Å². The molecule has 2 aliphatic carbocycles. The Morgan fingerprint density at radius 3 is 2.17 bits per heavy atom. The first-order chi connectivity index (χ1) is 14.3. The Hall–Kier alpha value is -3.63. The summed E-state index contributed by atoms with van der Waals surface area (Å²) >= 11 is 0. The van der Waals surface area contributed by atoms with Crippen molar-refractivity contribution in [1.82, 2.24) is 0 Å². The summed E-state index contributed by atoms with van der Waals surface area (Å²) in [5, 5.41) is 31.0. The van der Waals surface area contributed by atoms with Crippen LogP contribution in [-0.4, -0.2) is 10.9 Å². The highest BCUT2D eigenvalue weighted by Gasteiger charge is 2.53. The Labute approximate surface area is 176 Å². The Bertz CT molecular complexity index is 1140. The molecule has 0 amide bonds. The zero-order chi connectivity index (χ0) is 21.5. The van der Waals surface area contributed by atoms with E-state index in [-0.39, 0.29) is 30.0 Å². The van der Waals surface area contributed by atoms with Gasteiger partial charge in [0.05, 0.1) is 17.7 Å². The summed E-state index contributed by atoms with van der Waals surface area (Å²) in [6, 6.07) is 22.1. The van der Waals surface area contributed by atoms with Gasteiger partial charge in [-0.3, -0.25) is 4.79 Å². The third-order valence-electron chi connectivity index (χ3n) is 6.11. The predicted octanol–water partition coefficient (Wildman–Crippen LogP) is 5.61. The molecule has 4 nitrogen and oxygen atoms in total. The number of nitrogens with zero attached hydrogens (tertiary/aromatic N) is 2. The molecule has 1 N–H and O–H groups in total. The monoisotopic (exact) mass is 394 g/mol. The molecule has 2 aromatic rings. The smallest absolute Gasteiger partial charge is 0.176 e. The van der Waals surface area contributed by atoms with Gasteiger partial charge in [0.15, 0.2) is 11.2 Å². The Kier molecular flexibility index (Phi) is 4.60. The van der Waals surface area contributed by atoms with Crippen LogP contribution in [0.2, 0.25) is 0 Å². The molecule has 0 aromatic heterocycles. The maximum atomic E-state index is 12.7. The number of aliphatic hydroxyl groups excluding tert-OH is 1. The average Bonchev–Trinajstić information content (AvgIpc) is 2.73. The molecule has 0 saturated carbocycles. The quantitative estimate of drug-likeness (QED) is 0.717. The molecule has 2 aliphatic rings. The van der Waals surface area contributed by atoms with Crippen LogP contribution in [0.3, 0.4) is 0 Å². The van der Waals surface area contributed by atoms with E-state index in [0.717, 1.165) is 16.7 Å². The molecule has 0 aliphatic heterocycles. The number of aliphatic hydroxyl groups is 1. The second-order valence-corrected chi connectivity index (χ2v) is 8.74. The van der Waals surface area contributed by atoms with Gasteiger partial charge in [-0.25, -0.2) is 0 Å². The highest BCUT2D eigenvalue weighted by Crippen LogP contribution is 2.55. The first kappa shape index (κ1) is 19.7. The van der Waals surface area contributed by atoms with Crippen LogP contribution >= 0.6 is 0 Å². The maximum absolute atomic E-state index is 12.7. The second kappa shape index (κ2) is 7.01. The fraction of sp³-hybridized carbons (Fsp3) is 0.269. The molecule has 1 atom stereocenters. The standard InChI is InChI=1S/C26H22N2O2/c1-25(2)13-21-24(23(30)14-25)22(29)12-20(26(21,15-27)16-28)19-10-8-18(9-11-19)17-6-4-3-5-7-17/h3-11,13,20,29H,12,14H2,1-2H3. The van der Waals surface area contributed by atoms with E-state index in [0.29, 0.717) is 5.57 Å². The summed E-state index contributed by atoms with van der Waals surface area (Å²) in [4.78, 5) is 12.7. The molecule has 0 heterocycles. The Morgan fingerprint density at radius 2 is 1.57 bits per heavy atom. The summed E-state index contributed by atoms with van der Waals surface area (Å²) < 4.78 is 0. The van der Waals surface area contributed by atoms with Crippen molar-refractivity contribution in [2.24, 2.45) is 10.8 Å². The van der Waals surface area contributed by atoms with E-state index in [1.54, 1.807) is 0 Å². The van der Waals surface area contributed by atoms with Crippen LogP contribution in [0.1, 0.15) is 38.2 Å². The van der Waals surface area contributed by atoms with E-state index >= 15 is 0 Å². The van der Waals surface area contributed by atoms with Gasteiger partial charge in [0.25, 0.3) is 0 Å². The van der Waals surface area contributed by atoms with Crippen LogP contribution in [-0.2, 0) is 4.79 Å². The van der Waals surface area contributed by atoms with Crippen molar-refractivity contribution in [1.29, 1.82) is 10.5 Å². The Balaban J connectivity index is 1.84. The molecule has 4 rings (SSSR count). The largest absolute Gasteiger partial charge is 0.512 e. The van der Waals surface area contributed by atoms with E-state index in [1.165, 1.54) is 0 Å². The van der Waals surface area contributed by atoms with Crippen LogP contribution in [0.25, 0.3) is 11.1 Å². The minimum absolute atomic E-state index is 0.0278. The summed E-state index contributed by atoms with van der Waals surface area (Å²) in [7, 11) is 0. The van der Waals surface area contributed by atoms with Crippen LogP contribution in [0.4, 0.5) is 0 Å². The van der Waals surface area contributed by atoms with Gasteiger partial charge in [-0.2, -0.15) is 10.5 Å². The van der Waals surface area contributed by atoms with E-state index < -0.39 is 16.7 Å². The van der Waals surface area contributed by atoms with Gasteiger partial charge in [0.1, 0.15) is 5.76 Å². The first-order valence-electron chi connectivity index (χ1n) is 9.98. The predicted molar refractivity (Wildman–Crippen MR) is 114 cm³/mol. The lowest BCUT2D eigenvalue weighted by atomic mass is 9.58. The van der Waals surface area contributed by atoms with Crippen molar-refractivity contribution >= 4 is 5.78 Å². The van der Waals surface area contributed by atoms with Crippen LogP contribution in [0.15, 0.2) is 77.6 Å². The van der Waals surface area contributed by atoms with E-state index in [1.807, 2.05) is 74.5 Å². The third-order valence-corrected chi connectivity index (χ3v) is 6.11. The van der Waals surface area contributed by atoms with E-state index in [2.05, 4.69) is 12.1 Å². The molecular weight excluding hydrogens is 372 g/mol. The van der Waals surface area contributed by atoms with Crippen molar-refractivity contribution in [2.45, 2.75) is 32.6 Å². The molecule has 0 bridgehead atoms. The summed E-state index contributed by atoms with van der Waals surface area (Å²) in [6.45, 7) is 3.81. The summed E-state index contributed by atoms with van der Waals surface area (Å²) in [5.41, 5.74) is 1.41. The third kappa shape index (κ3) is 3.02. The SMILES string of the molecule is CC1(C)C=C2C(=C(O)CC(c3ccc(-c4ccccc4)cc3)C2(C#N)C#N)C(=O)C1. The summed E-state index contributed by atoms with van der Waals surface area (Å²) in [5.74, 6) is -0.795. The fourth-order valence-electron chi connectivity index (χ4n) is 4.64. The number of ketones is 1. The number of carbonyl (C=O) groups is 1. The highest BCUT2D eigenvalue weighted by atomic mass is 16.3. The molecule has 0 radical (unpaired) electrons. The molecule has 4 heteroatoms. The normalized spacial score (nSPS) is 21.8. The minimum Gasteiger partial charge on any atom is -0.512 e. The molecule has 0 saturated heterocycles. The number of Topliss-reactive ketones (excluding diaryl/α,β-unsaturated/α-hetero) is 1. The number of nitriles is 2. The highest BCUT2D eigenvalue weighted by molar-refractivity contribution is 6.03. The molecule has 2 aromatic carbocycles. The molecule has 0 fully saturated rings. The number of hydrogen-bond donors (Lipinski definition) is 1. The van der Waals surface area contributed by atoms with Crippen molar-refractivity contribution in [3.05, 3.63) is 83.1 Å². The van der Waals surface area contributed by atoms with Gasteiger partial charge < -0.3 is 5.11 Å². The number of allylic oxidation sites excluding steroid dienone is 4. The average molecular weight is 394 g/mol. The van der Waals surface area contributed by atoms with Gasteiger partial charge in [-0.05, 0) is 27.7 Å². The molecule has 0 spiro atoms. The number of fused-ring (bicyclic) bond motifs is 1. The van der Waals surface area contributed by atoms with Gasteiger partial charge >= 0.3 is 0 Å². The van der Waals surface area contributed by atoms with E-state index in [9.17, 15) is 20.4 Å². The summed E-state index contributed by atoms with van der Waals surface area (Å²) in [6.07, 6.45) is 2.17. The van der Waals surface area contributed by atoms with E-state index in [4.69, 9.17) is 0 Å². The number of rotatable bonds is 2. The zero-order valence-electron chi connectivity index (χ0n) is 17.0. The van der Waals surface area contributed by atoms with Crippen LogP contribution in [0, 0.1) is 33.5 Å². The van der Waals surface area contributed by atoms with Crippen molar-refractivity contribution in [3.8, 4) is 23.3 Å². The number of carbonyl (C=O) groups excluding carboxylic acids is 1. The lowest BCUT2D eigenvalue weighted by Gasteiger charge is -2.41. The second-order valence-electron chi connectivity index (χ2n) is 8.74. The molecule has 30 heavy (non-hydrogen) atoms. The van der Waals surface area contributed by atoms with Gasteiger partial charge in [-0.1, -0.05) is 74.5 Å². The molecular formula is C26H22N2O2. The molecule has 1 unspecified atom stereocenters. The zero-order valence-corrected chi connectivity index (χ0v) is 17.0. The van der Waals surface area contributed by atoms with Crippen LogP contribution in [0.5, 0.6) is 0 Å². The van der Waals surface area contributed by atoms with Crippen molar-refractivity contribution in [2.75, 3.05) is 0 Å². The van der Waals surface area contributed by atoms with Gasteiger partial charge in [-0.15, -0.1) is 0 Å². The fourth-order valence-corrected chi connectivity index (χ4v) is 4.64. The minimum atomic E-state index is -1.52. The molecule has 148 valence electrons.